The van der Waals surface area contributed by atoms with Crippen molar-refractivity contribution in [1.82, 2.24) is 10.3 Å². The number of H-pyrrole nitrogens is 1. The number of aliphatic carboxylic acids is 1. The van der Waals surface area contributed by atoms with Gasteiger partial charge < -0.3 is 20.1 Å². The molecule has 110 valence electrons. The summed E-state index contributed by atoms with van der Waals surface area (Å²) in [7, 11) is 0. The number of rotatable bonds is 3. The Balaban J connectivity index is 1.81. The van der Waals surface area contributed by atoms with E-state index in [-0.39, 0.29) is 19.1 Å². The highest BCUT2D eigenvalue weighted by Gasteiger charge is 2.47. The number of carbonyl (C=O) groups is 2. The molecule has 2 heterocycles. The third kappa shape index (κ3) is 2.27. The lowest BCUT2D eigenvalue weighted by molar-refractivity contribution is -0.148. The summed E-state index contributed by atoms with van der Waals surface area (Å²) >= 11 is 0. The average Bonchev–Trinajstić information content (AvgIpc) is 3.06. The van der Waals surface area contributed by atoms with Crippen LogP contribution in [0.15, 0.2) is 30.5 Å². The summed E-state index contributed by atoms with van der Waals surface area (Å²) in [4.78, 5) is 26.7. The minimum Gasteiger partial charge on any atom is -0.481 e. The first-order valence-corrected chi connectivity index (χ1v) is 6.70. The minimum absolute atomic E-state index is 0.101. The summed E-state index contributed by atoms with van der Waals surface area (Å²) in [6.07, 6.45) is 1.80. The smallest absolute Gasteiger partial charge is 0.313 e. The van der Waals surface area contributed by atoms with Crippen LogP contribution in [-0.4, -0.2) is 41.2 Å². The first kappa shape index (κ1) is 13.6. The Hall–Kier alpha value is -2.34. The number of amides is 1. The van der Waals surface area contributed by atoms with Gasteiger partial charge in [-0.1, -0.05) is 0 Å². The van der Waals surface area contributed by atoms with Crippen molar-refractivity contribution in [3.05, 3.63) is 36.0 Å². The monoisotopic (exact) mass is 288 g/mol. The number of nitrogens with one attached hydrogen (secondary N) is 2. The van der Waals surface area contributed by atoms with Crippen molar-refractivity contribution in [2.24, 2.45) is 5.41 Å². The molecule has 1 aromatic heterocycles. The Kier molecular flexibility index (Phi) is 3.17. The molecule has 1 aromatic carbocycles. The quantitative estimate of drug-likeness (QED) is 0.796. The second-order valence-electron chi connectivity index (χ2n) is 5.54. The Labute approximate surface area is 121 Å². The molecule has 1 saturated heterocycles. The van der Waals surface area contributed by atoms with Crippen LogP contribution in [0.2, 0.25) is 0 Å². The molecule has 0 aliphatic carbocycles. The van der Waals surface area contributed by atoms with Crippen molar-refractivity contribution in [3.8, 4) is 0 Å². The van der Waals surface area contributed by atoms with Gasteiger partial charge >= 0.3 is 5.97 Å². The van der Waals surface area contributed by atoms with Crippen molar-refractivity contribution in [1.29, 1.82) is 0 Å². The second-order valence-corrected chi connectivity index (χ2v) is 5.54. The van der Waals surface area contributed by atoms with Crippen LogP contribution in [0.3, 0.4) is 0 Å². The van der Waals surface area contributed by atoms with Crippen LogP contribution in [0.1, 0.15) is 17.3 Å². The zero-order chi connectivity index (χ0) is 15.0. The molecule has 0 radical (unpaired) electrons. The van der Waals surface area contributed by atoms with Gasteiger partial charge in [-0.3, -0.25) is 9.59 Å². The van der Waals surface area contributed by atoms with Crippen LogP contribution in [0.5, 0.6) is 0 Å². The number of carboxylic acid groups (broad SMARTS) is 1. The van der Waals surface area contributed by atoms with Crippen LogP contribution >= 0.6 is 0 Å². The number of hydrogen-bond donors (Lipinski definition) is 3. The summed E-state index contributed by atoms with van der Waals surface area (Å²) < 4.78 is 5.23. The van der Waals surface area contributed by atoms with Gasteiger partial charge in [0.15, 0.2) is 0 Å². The molecular weight excluding hydrogens is 272 g/mol. The molecule has 3 N–H and O–H groups in total. The normalized spacial score (nSPS) is 25.1. The number of ether oxygens (including phenoxy) is 1. The molecule has 2 atom stereocenters. The molecule has 2 unspecified atom stereocenters. The fourth-order valence-corrected chi connectivity index (χ4v) is 2.52. The topological polar surface area (TPSA) is 91.4 Å². The number of aromatic amines is 1. The molecule has 1 aliphatic heterocycles. The lowest BCUT2D eigenvalue weighted by Gasteiger charge is -2.25. The van der Waals surface area contributed by atoms with E-state index in [9.17, 15) is 14.7 Å². The maximum atomic E-state index is 12.3. The van der Waals surface area contributed by atoms with Crippen LogP contribution in [0, 0.1) is 5.41 Å². The molecule has 21 heavy (non-hydrogen) atoms. The number of carbonyl (C=O) groups excluding carboxylic acids is 1. The Morgan fingerprint density at radius 3 is 3.00 bits per heavy atom. The zero-order valence-electron chi connectivity index (χ0n) is 11.6. The lowest BCUT2D eigenvalue weighted by Crippen LogP contribution is -2.49. The van der Waals surface area contributed by atoms with E-state index in [2.05, 4.69) is 10.3 Å². The zero-order valence-corrected chi connectivity index (χ0v) is 11.6. The Morgan fingerprint density at radius 1 is 1.43 bits per heavy atom. The summed E-state index contributed by atoms with van der Waals surface area (Å²) in [6.45, 7) is 1.90. The largest absolute Gasteiger partial charge is 0.481 e. The second kappa shape index (κ2) is 4.89. The van der Waals surface area contributed by atoms with Crippen molar-refractivity contribution >= 4 is 22.8 Å². The van der Waals surface area contributed by atoms with E-state index in [4.69, 9.17) is 4.74 Å². The van der Waals surface area contributed by atoms with Crippen molar-refractivity contribution < 1.29 is 19.4 Å². The van der Waals surface area contributed by atoms with Gasteiger partial charge in [-0.2, -0.15) is 0 Å². The van der Waals surface area contributed by atoms with Crippen molar-refractivity contribution in [2.45, 2.75) is 13.0 Å². The third-order valence-corrected chi connectivity index (χ3v) is 4.06. The average molecular weight is 288 g/mol. The van der Waals surface area contributed by atoms with Crippen LogP contribution in [-0.2, 0) is 9.53 Å². The number of hydrogen-bond acceptors (Lipinski definition) is 3. The van der Waals surface area contributed by atoms with E-state index < -0.39 is 17.4 Å². The highest BCUT2D eigenvalue weighted by atomic mass is 16.5. The molecule has 0 bridgehead atoms. The van der Waals surface area contributed by atoms with Crippen molar-refractivity contribution in [2.75, 3.05) is 13.2 Å². The van der Waals surface area contributed by atoms with Gasteiger partial charge in [-0.25, -0.2) is 0 Å². The highest BCUT2D eigenvalue weighted by molar-refractivity contribution is 5.98. The molecule has 2 aromatic rings. The fraction of sp³-hybridized carbons (Fsp3) is 0.333. The van der Waals surface area contributed by atoms with E-state index in [1.54, 1.807) is 25.3 Å². The molecule has 6 nitrogen and oxygen atoms in total. The van der Waals surface area contributed by atoms with Gasteiger partial charge in [0.2, 0.25) is 0 Å². The first-order valence-electron chi connectivity index (χ1n) is 6.70. The van der Waals surface area contributed by atoms with Crippen molar-refractivity contribution in [3.63, 3.8) is 0 Å². The number of aromatic nitrogens is 1. The van der Waals surface area contributed by atoms with E-state index in [0.29, 0.717) is 5.56 Å². The van der Waals surface area contributed by atoms with Gasteiger partial charge in [-0.15, -0.1) is 0 Å². The lowest BCUT2D eigenvalue weighted by atomic mass is 9.85. The van der Waals surface area contributed by atoms with Gasteiger partial charge in [-0.05, 0) is 31.2 Å². The molecule has 1 aliphatic rings. The van der Waals surface area contributed by atoms with Crippen LogP contribution in [0.4, 0.5) is 0 Å². The summed E-state index contributed by atoms with van der Waals surface area (Å²) in [5.74, 6) is -1.26. The van der Waals surface area contributed by atoms with Crippen LogP contribution < -0.4 is 5.32 Å². The molecule has 1 fully saturated rings. The molecule has 0 saturated carbocycles. The predicted molar refractivity (Wildman–Crippen MR) is 76.1 cm³/mol. The molecular formula is C15H16N2O4. The number of benzene rings is 1. The van der Waals surface area contributed by atoms with Gasteiger partial charge in [0.05, 0.1) is 19.3 Å². The summed E-state index contributed by atoms with van der Waals surface area (Å²) in [6, 6.07) is 6.65. The van der Waals surface area contributed by atoms with E-state index in [0.717, 1.165) is 10.9 Å². The molecule has 6 heteroatoms. The maximum absolute atomic E-state index is 12.3. The predicted octanol–water partition coefficient (Wildman–Crippen LogP) is 1.39. The SMILES string of the molecule is CC1(C(=O)O)COCC1NC(=O)c1ccc2[nH]ccc2c1. The summed E-state index contributed by atoms with van der Waals surface area (Å²) in [5, 5.41) is 13.0. The Bertz CT molecular complexity index is 709. The maximum Gasteiger partial charge on any atom is 0.313 e. The van der Waals surface area contributed by atoms with Crippen LogP contribution in [0.25, 0.3) is 10.9 Å². The Morgan fingerprint density at radius 2 is 2.24 bits per heavy atom. The first-order chi connectivity index (χ1) is 10.0. The van der Waals surface area contributed by atoms with E-state index in [1.165, 1.54) is 0 Å². The minimum atomic E-state index is -1.09. The molecule has 0 spiro atoms. The highest BCUT2D eigenvalue weighted by Crippen LogP contribution is 2.29. The molecule has 1 amide bonds. The molecule has 3 rings (SSSR count). The fourth-order valence-electron chi connectivity index (χ4n) is 2.52. The van der Waals surface area contributed by atoms with Gasteiger partial charge in [0.25, 0.3) is 5.91 Å². The van der Waals surface area contributed by atoms with E-state index >= 15 is 0 Å². The van der Waals surface area contributed by atoms with Gasteiger partial charge in [0, 0.05) is 22.7 Å². The van der Waals surface area contributed by atoms with E-state index in [1.807, 2.05) is 12.1 Å². The third-order valence-electron chi connectivity index (χ3n) is 4.06. The number of fused-ring (bicyclic) bond motifs is 1. The van der Waals surface area contributed by atoms with Gasteiger partial charge in [0.1, 0.15) is 5.41 Å². The standard InChI is InChI=1S/C15H16N2O4/c1-15(14(19)20)8-21-7-12(15)17-13(18)10-2-3-11-9(6-10)4-5-16-11/h2-6,12,16H,7-8H2,1H3,(H,17,18)(H,19,20). The summed E-state index contributed by atoms with van der Waals surface area (Å²) in [5.41, 5.74) is 0.362. The number of carboxylic acids is 1.